The van der Waals surface area contributed by atoms with E-state index in [1.165, 1.54) is 4.68 Å². The number of hydrogen-bond acceptors (Lipinski definition) is 10. The molecule has 0 radical (unpaired) electrons. The number of fused-ring (bicyclic) bond motifs is 1. The van der Waals surface area contributed by atoms with Gasteiger partial charge in [0.1, 0.15) is 5.69 Å². The van der Waals surface area contributed by atoms with Crippen molar-refractivity contribution in [3.05, 3.63) is 59.4 Å². The maximum atomic E-state index is 13.2. The van der Waals surface area contributed by atoms with Crippen molar-refractivity contribution in [3.8, 4) is 5.82 Å². The molecule has 2 aromatic heterocycles. The van der Waals surface area contributed by atoms with Gasteiger partial charge in [0.25, 0.3) is 5.91 Å². The maximum absolute atomic E-state index is 13.2. The number of benzene rings is 2. The van der Waals surface area contributed by atoms with E-state index in [0.717, 1.165) is 29.4 Å². The minimum absolute atomic E-state index is 0.00821. The smallest absolute Gasteiger partial charge is 0.292 e. The van der Waals surface area contributed by atoms with E-state index in [9.17, 15) is 4.79 Å². The molecular formula is C21H21N9O3. The van der Waals surface area contributed by atoms with Gasteiger partial charge in [-0.05, 0) is 21.1 Å². The Morgan fingerprint density at radius 2 is 1.97 bits per heavy atom. The number of morpholine rings is 1. The van der Waals surface area contributed by atoms with Crippen LogP contribution in [0.1, 0.15) is 21.7 Å². The van der Waals surface area contributed by atoms with Gasteiger partial charge in [0, 0.05) is 25.2 Å². The van der Waals surface area contributed by atoms with Crippen LogP contribution in [0.3, 0.4) is 0 Å². The molecule has 33 heavy (non-hydrogen) atoms. The van der Waals surface area contributed by atoms with E-state index in [0.29, 0.717) is 25.5 Å². The Bertz CT molecular complexity index is 1300. The van der Waals surface area contributed by atoms with E-state index in [-0.39, 0.29) is 17.3 Å². The molecule has 1 aliphatic rings. The van der Waals surface area contributed by atoms with Gasteiger partial charge in [0.15, 0.2) is 5.69 Å². The number of nitrogens with two attached hydrogens (primary N) is 1. The van der Waals surface area contributed by atoms with Gasteiger partial charge in [-0.1, -0.05) is 47.7 Å². The van der Waals surface area contributed by atoms with Crippen LogP contribution >= 0.6 is 0 Å². The molecule has 0 spiro atoms. The largest absolute Gasteiger partial charge is 0.379 e. The molecule has 12 nitrogen and oxygen atoms in total. The summed E-state index contributed by atoms with van der Waals surface area (Å²) in [7, 11) is 0. The topological polar surface area (TPSA) is 150 Å². The summed E-state index contributed by atoms with van der Waals surface area (Å²) in [5.74, 6) is -0.438. The Morgan fingerprint density at radius 1 is 1.15 bits per heavy atom. The lowest BCUT2D eigenvalue weighted by molar-refractivity contribution is 0.0335. The highest BCUT2D eigenvalue weighted by molar-refractivity contribution is 6.00. The molecule has 0 bridgehead atoms. The minimum atomic E-state index is -0.512. The predicted molar refractivity (Wildman–Crippen MR) is 119 cm³/mol. The maximum Gasteiger partial charge on any atom is 0.292 e. The Labute approximate surface area is 187 Å². The highest BCUT2D eigenvalue weighted by Gasteiger charge is 2.26. The number of nitrogens with zero attached hydrogens (tertiary/aromatic N) is 7. The number of carbonyl (C=O) groups excluding carboxylic acids is 1. The number of aromatic nitrogens is 5. The molecule has 0 atom stereocenters. The Hall–Kier alpha value is -4.16. The number of carbonyl (C=O) groups is 1. The van der Waals surface area contributed by atoms with Crippen molar-refractivity contribution >= 4 is 28.7 Å². The van der Waals surface area contributed by atoms with Gasteiger partial charge in [-0.3, -0.25) is 9.69 Å². The highest BCUT2D eigenvalue weighted by atomic mass is 16.6. The third-order valence-corrected chi connectivity index (χ3v) is 5.32. The zero-order chi connectivity index (χ0) is 22.6. The summed E-state index contributed by atoms with van der Waals surface area (Å²) in [4.78, 5) is 15.3. The minimum Gasteiger partial charge on any atom is -0.379 e. The number of hydrogen-bond donors (Lipinski definition) is 2. The van der Waals surface area contributed by atoms with Gasteiger partial charge in [0.05, 0.1) is 19.4 Å². The lowest BCUT2D eigenvalue weighted by Crippen LogP contribution is -2.36. The number of anilines is 1. The van der Waals surface area contributed by atoms with Crippen LogP contribution in [-0.2, 0) is 11.3 Å². The Morgan fingerprint density at radius 3 is 2.79 bits per heavy atom. The first-order valence-corrected chi connectivity index (χ1v) is 10.3. The lowest BCUT2D eigenvalue weighted by Gasteiger charge is -2.25. The van der Waals surface area contributed by atoms with Crippen LogP contribution in [-0.4, -0.2) is 68.6 Å². The fourth-order valence-corrected chi connectivity index (χ4v) is 3.68. The first-order chi connectivity index (χ1) is 16.2. The zero-order valence-electron chi connectivity index (χ0n) is 17.6. The van der Waals surface area contributed by atoms with Crippen LogP contribution in [0.25, 0.3) is 16.6 Å². The summed E-state index contributed by atoms with van der Waals surface area (Å²) < 4.78 is 11.3. The molecule has 1 saturated heterocycles. The Balaban J connectivity index is 1.42. The van der Waals surface area contributed by atoms with Crippen LogP contribution in [0, 0.1) is 0 Å². The van der Waals surface area contributed by atoms with Gasteiger partial charge in [0.2, 0.25) is 11.6 Å². The molecule has 3 N–H and O–H groups in total. The van der Waals surface area contributed by atoms with Crippen molar-refractivity contribution in [1.82, 2.24) is 35.6 Å². The van der Waals surface area contributed by atoms with Crippen molar-refractivity contribution in [2.45, 2.75) is 6.54 Å². The second-order valence-corrected chi connectivity index (χ2v) is 7.43. The van der Waals surface area contributed by atoms with E-state index < -0.39 is 5.91 Å². The molecule has 12 heteroatoms. The molecule has 168 valence electrons. The number of hydrazone groups is 1. The van der Waals surface area contributed by atoms with Crippen LogP contribution in [0.15, 0.2) is 52.2 Å². The fraction of sp³-hybridized carbons (Fsp3) is 0.238. The normalized spacial score (nSPS) is 14.8. The first kappa shape index (κ1) is 20.7. The fourth-order valence-electron chi connectivity index (χ4n) is 3.68. The first-order valence-electron chi connectivity index (χ1n) is 10.3. The molecule has 2 aromatic carbocycles. The molecule has 0 unspecified atom stereocenters. The SMILES string of the molecule is Nc1nonc1-n1nnc(CN2CCOCC2)c1C(=O)N/N=C/c1cccc2ccccc12. The predicted octanol–water partition coefficient (Wildman–Crippen LogP) is 0.982. The molecule has 5 rings (SSSR count). The van der Waals surface area contributed by atoms with Crippen LogP contribution in [0.2, 0.25) is 0 Å². The third kappa shape index (κ3) is 4.29. The number of amides is 1. The summed E-state index contributed by atoms with van der Waals surface area (Å²) in [6.07, 6.45) is 1.60. The van der Waals surface area contributed by atoms with Gasteiger partial charge in [-0.2, -0.15) is 9.78 Å². The summed E-state index contributed by atoms with van der Waals surface area (Å²) in [5.41, 5.74) is 9.87. The highest BCUT2D eigenvalue weighted by Crippen LogP contribution is 2.18. The molecular weight excluding hydrogens is 426 g/mol. The average Bonchev–Trinajstić information content (AvgIpc) is 3.45. The van der Waals surface area contributed by atoms with E-state index >= 15 is 0 Å². The van der Waals surface area contributed by atoms with Crippen molar-refractivity contribution in [2.24, 2.45) is 5.10 Å². The second-order valence-electron chi connectivity index (χ2n) is 7.43. The van der Waals surface area contributed by atoms with Crippen molar-refractivity contribution in [3.63, 3.8) is 0 Å². The second kappa shape index (κ2) is 9.14. The molecule has 1 fully saturated rings. The van der Waals surface area contributed by atoms with Gasteiger partial charge >= 0.3 is 0 Å². The van der Waals surface area contributed by atoms with E-state index in [1.807, 2.05) is 42.5 Å². The van der Waals surface area contributed by atoms with E-state index in [1.54, 1.807) is 6.21 Å². The standard InChI is InChI=1S/C21H21N9O3/c22-19-20(27-33-26-19)30-18(17(24-28-30)13-29-8-10-32-11-9-29)21(31)25-23-12-15-6-3-5-14-4-1-2-7-16(14)15/h1-7,12H,8-11,13H2,(H2,22,26)(H,25,31)/b23-12+. The average molecular weight is 447 g/mol. The van der Waals surface area contributed by atoms with Gasteiger partial charge in [-0.15, -0.1) is 5.10 Å². The molecule has 1 aliphatic heterocycles. The molecule has 1 amide bonds. The van der Waals surface area contributed by atoms with Gasteiger partial charge in [-0.25, -0.2) is 10.1 Å². The van der Waals surface area contributed by atoms with Gasteiger partial charge < -0.3 is 10.5 Å². The van der Waals surface area contributed by atoms with Crippen LogP contribution in [0.5, 0.6) is 0 Å². The van der Waals surface area contributed by atoms with Crippen molar-refractivity contribution < 1.29 is 14.2 Å². The summed E-state index contributed by atoms with van der Waals surface area (Å²) in [6.45, 7) is 3.09. The monoisotopic (exact) mass is 447 g/mol. The Kier molecular flexibility index (Phi) is 5.74. The quantitative estimate of drug-likeness (QED) is 0.326. The molecule has 0 aliphatic carbocycles. The summed E-state index contributed by atoms with van der Waals surface area (Å²) in [5, 5.41) is 21.8. The van der Waals surface area contributed by atoms with Crippen molar-refractivity contribution in [1.29, 1.82) is 0 Å². The number of ether oxygens (including phenoxy) is 1. The zero-order valence-corrected chi connectivity index (χ0v) is 17.6. The van der Waals surface area contributed by atoms with E-state index in [2.05, 4.69) is 40.7 Å². The molecule has 3 heterocycles. The number of rotatable bonds is 6. The van der Waals surface area contributed by atoms with Crippen molar-refractivity contribution in [2.75, 3.05) is 32.0 Å². The summed E-state index contributed by atoms with van der Waals surface area (Å²) in [6, 6.07) is 13.8. The third-order valence-electron chi connectivity index (χ3n) is 5.32. The van der Waals surface area contributed by atoms with Crippen LogP contribution < -0.4 is 11.2 Å². The van der Waals surface area contributed by atoms with Crippen LogP contribution in [0.4, 0.5) is 5.82 Å². The lowest BCUT2D eigenvalue weighted by atomic mass is 10.1. The molecule has 0 saturated carbocycles. The number of nitrogens with one attached hydrogen (secondary N) is 1. The summed E-state index contributed by atoms with van der Waals surface area (Å²) >= 11 is 0. The number of nitrogen functional groups attached to an aromatic ring is 1. The molecule has 4 aromatic rings. The van der Waals surface area contributed by atoms with E-state index in [4.69, 9.17) is 10.5 Å².